The molecule has 0 aliphatic carbocycles. The summed E-state index contributed by atoms with van der Waals surface area (Å²) in [7, 11) is 0. The van der Waals surface area contributed by atoms with Crippen molar-refractivity contribution in [1.82, 2.24) is 0 Å². The zero-order valence-corrected chi connectivity index (χ0v) is 10.7. The summed E-state index contributed by atoms with van der Waals surface area (Å²) in [6, 6.07) is 14.9. The highest BCUT2D eigenvalue weighted by Gasteiger charge is 2.05. The fourth-order valence-electron chi connectivity index (χ4n) is 1.63. The number of hydrogen-bond donors (Lipinski definition) is 0. The van der Waals surface area contributed by atoms with E-state index in [1.807, 2.05) is 24.3 Å². The zero-order valence-electron chi connectivity index (χ0n) is 9.98. The number of halogens is 1. The van der Waals surface area contributed by atoms with Crippen molar-refractivity contribution >= 4 is 11.6 Å². The van der Waals surface area contributed by atoms with E-state index in [0.29, 0.717) is 16.3 Å². The molecule has 0 spiro atoms. The molecule has 0 fully saturated rings. The Morgan fingerprint density at radius 3 is 2.78 bits per heavy atom. The van der Waals surface area contributed by atoms with Gasteiger partial charge in [-0.25, -0.2) is 0 Å². The summed E-state index contributed by atoms with van der Waals surface area (Å²) in [6.07, 6.45) is 0.947. The quantitative estimate of drug-likeness (QED) is 0.807. The van der Waals surface area contributed by atoms with Gasteiger partial charge in [-0.1, -0.05) is 30.7 Å². The van der Waals surface area contributed by atoms with Gasteiger partial charge in [0.2, 0.25) is 0 Å². The third-order valence-corrected chi connectivity index (χ3v) is 2.83. The molecule has 18 heavy (non-hydrogen) atoms. The molecule has 0 N–H and O–H groups in total. The second-order valence-electron chi connectivity index (χ2n) is 3.86. The largest absolute Gasteiger partial charge is 0.456 e. The molecule has 0 saturated heterocycles. The van der Waals surface area contributed by atoms with Crippen LogP contribution >= 0.6 is 11.6 Å². The van der Waals surface area contributed by atoms with Gasteiger partial charge in [0.1, 0.15) is 17.6 Å². The smallest absolute Gasteiger partial charge is 0.145 e. The number of rotatable bonds is 3. The first-order valence-corrected chi connectivity index (χ1v) is 6.07. The van der Waals surface area contributed by atoms with Gasteiger partial charge in [-0.15, -0.1) is 0 Å². The Labute approximate surface area is 111 Å². The van der Waals surface area contributed by atoms with Crippen molar-refractivity contribution in [2.24, 2.45) is 0 Å². The highest BCUT2D eigenvalue weighted by Crippen LogP contribution is 2.27. The van der Waals surface area contributed by atoms with Crippen molar-refractivity contribution in [1.29, 1.82) is 5.26 Å². The molecule has 2 nitrogen and oxygen atoms in total. The van der Waals surface area contributed by atoms with Gasteiger partial charge in [0.25, 0.3) is 0 Å². The van der Waals surface area contributed by atoms with Crippen molar-refractivity contribution in [2.45, 2.75) is 13.3 Å². The van der Waals surface area contributed by atoms with Crippen LogP contribution in [0.5, 0.6) is 11.5 Å². The van der Waals surface area contributed by atoms with Crippen LogP contribution in [0.2, 0.25) is 5.02 Å². The third-order valence-electron chi connectivity index (χ3n) is 2.60. The van der Waals surface area contributed by atoms with Crippen molar-refractivity contribution < 1.29 is 4.74 Å². The van der Waals surface area contributed by atoms with E-state index < -0.39 is 0 Å². The second-order valence-corrected chi connectivity index (χ2v) is 4.29. The number of ether oxygens (including phenoxy) is 1. The molecule has 3 heteroatoms. The van der Waals surface area contributed by atoms with E-state index in [-0.39, 0.29) is 0 Å². The second kappa shape index (κ2) is 5.57. The maximum atomic E-state index is 9.03. The fourth-order valence-corrected chi connectivity index (χ4v) is 1.81. The summed E-state index contributed by atoms with van der Waals surface area (Å²) in [4.78, 5) is 0. The summed E-state index contributed by atoms with van der Waals surface area (Å²) in [6.45, 7) is 2.09. The summed E-state index contributed by atoms with van der Waals surface area (Å²) in [5.74, 6) is 1.25. The Morgan fingerprint density at radius 1 is 1.22 bits per heavy atom. The molecule has 0 heterocycles. The van der Waals surface area contributed by atoms with Crippen molar-refractivity contribution in [2.75, 3.05) is 0 Å². The maximum Gasteiger partial charge on any atom is 0.145 e. The van der Waals surface area contributed by atoms with Crippen LogP contribution in [0.15, 0.2) is 42.5 Å². The predicted octanol–water partition coefficient (Wildman–Crippen LogP) is 4.57. The highest BCUT2D eigenvalue weighted by molar-refractivity contribution is 6.30. The molecule has 2 aromatic rings. The lowest BCUT2D eigenvalue weighted by Gasteiger charge is -2.08. The lowest BCUT2D eigenvalue weighted by atomic mass is 10.1. The molecule has 0 aromatic heterocycles. The average Bonchev–Trinajstić information content (AvgIpc) is 2.41. The molecule has 0 saturated carbocycles. The number of benzene rings is 2. The van der Waals surface area contributed by atoms with E-state index in [2.05, 4.69) is 13.0 Å². The standard InChI is InChI=1S/C15H12ClNO/c1-2-11-4-3-5-14(8-11)18-15-7-6-13(16)9-12(15)10-17/h3-9H,2H2,1H3. The van der Waals surface area contributed by atoms with Crippen LogP contribution in [-0.2, 0) is 6.42 Å². The Kier molecular flexibility index (Phi) is 3.86. The lowest BCUT2D eigenvalue weighted by molar-refractivity contribution is 0.480. The molecule has 0 aliphatic heterocycles. The van der Waals surface area contributed by atoms with Gasteiger partial charge in [-0.2, -0.15) is 5.26 Å². The highest BCUT2D eigenvalue weighted by atomic mass is 35.5. The molecule has 0 atom stereocenters. The summed E-state index contributed by atoms with van der Waals surface area (Å²) in [5.41, 5.74) is 1.63. The van der Waals surface area contributed by atoms with Crippen LogP contribution in [-0.4, -0.2) is 0 Å². The van der Waals surface area contributed by atoms with Gasteiger partial charge in [0, 0.05) is 5.02 Å². The SMILES string of the molecule is CCc1cccc(Oc2ccc(Cl)cc2C#N)c1. The first-order chi connectivity index (χ1) is 8.72. The summed E-state index contributed by atoms with van der Waals surface area (Å²) < 4.78 is 5.72. The Hall–Kier alpha value is -1.98. The van der Waals surface area contributed by atoms with E-state index in [1.165, 1.54) is 5.56 Å². The van der Waals surface area contributed by atoms with Gasteiger partial charge in [0.05, 0.1) is 5.56 Å². The minimum Gasteiger partial charge on any atom is -0.456 e. The zero-order chi connectivity index (χ0) is 13.0. The topological polar surface area (TPSA) is 33.0 Å². The summed E-state index contributed by atoms with van der Waals surface area (Å²) in [5, 5.41) is 9.56. The Morgan fingerprint density at radius 2 is 2.06 bits per heavy atom. The molecule has 2 rings (SSSR count). The van der Waals surface area contributed by atoms with E-state index in [4.69, 9.17) is 21.6 Å². The first kappa shape index (κ1) is 12.5. The van der Waals surface area contributed by atoms with Gasteiger partial charge < -0.3 is 4.74 Å². The Balaban J connectivity index is 2.31. The number of hydrogen-bond acceptors (Lipinski definition) is 2. The summed E-state index contributed by atoms with van der Waals surface area (Å²) >= 11 is 5.84. The van der Waals surface area contributed by atoms with Gasteiger partial charge in [0.15, 0.2) is 0 Å². The maximum absolute atomic E-state index is 9.03. The van der Waals surface area contributed by atoms with E-state index >= 15 is 0 Å². The van der Waals surface area contributed by atoms with E-state index in [9.17, 15) is 0 Å². The molecule has 90 valence electrons. The van der Waals surface area contributed by atoms with Crippen LogP contribution in [0, 0.1) is 11.3 Å². The van der Waals surface area contributed by atoms with Crippen LogP contribution in [0.25, 0.3) is 0 Å². The first-order valence-electron chi connectivity index (χ1n) is 5.69. The Bertz CT molecular complexity index is 602. The molecule has 2 aromatic carbocycles. The van der Waals surface area contributed by atoms with Gasteiger partial charge in [-0.3, -0.25) is 0 Å². The predicted molar refractivity (Wildman–Crippen MR) is 72.1 cm³/mol. The minimum atomic E-state index is 0.435. The van der Waals surface area contributed by atoms with Crippen molar-refractivity contribution in [3.63, 3.8) is 0 Å². The van der Waals surface area contributed by atoms with Crippen molar-refractivity contribution in [3.05, 3.63) is 58.6 Å². The molecular formula is C15H12ClNO. The fraction of sp³-hybridized carbons (Fsp3) is 0.133. The van der Waals surface area contributed by atoms with Crippen LogP contribution in [0.3, 0.4) is 0 Å². The monoisotopic (exact) mass is 257 g/mol. The number of aryl methyl sites for hydroxylation is 1. The molecule has 0 unspecified atom stereocenters. The van der Waals surface area contributed by atoms with Gasteiger partial charge >= 0.3 is 0 Å². The average molecular weight is 258 g/mol. The molecular weight excluding hydrogens is 246 g/mol. The number of nitriles is 1. The van der Waals surface area contributed by atoms with Crippen LogP contribution in [0.4, 0.5) is 0 Å². The van der Waals surface area contributed by atoms with Gasteiger partial charge in [-0.05, 0) is 42.3 Å². The third kappa shape index (κ3) is 2.82. The van der Waals surface area contributed by atoms with E-state index in [0.717, 1.165) is 12.2 Å². The number of nitrogens with zero attached hydrogens (tertiary/aromatic N) is 1. The normalized spacial score (nSPS) is 9.83. The molecule has 0 amide bonds. The van der Waals surface area contributed by atoms with Crippen molar-refractivity contribution in [3.8, 4) is 17.6 Å². The minimum absolute atomic E-state index is 0.435. The van der Waals surface area contributed by atoms with Crippen LogP contribution in [0.1, 0.15) is 18.1 Å². The van der Waals surface area contributed by atoms with E-state index in [1.54, 1.807) is 18.2 Å². The lowest BCUT2D eigenvalue weighted by Crippen LogP contribution is -1.89. The van der Waals surface area contributed by atoms with Crippen LogP contribution < -0.4 is 4.74 Å². The molecule has 0 aliphatic rings. The molecule has 0 radical (unpaired) electrons. The molecule has 0 bridgehead atoms.